The predicted molar refractivity (Wildman–Crippen MR) is 123 cm³/mol. The first-order valence-electron chi connectivity index (χ1n) is 12.1. The van der Waals surface area contributed by atoms with Gasteiger partial charge in [0, 0.05) is 38.4 Å². The van der Waals surface area contributed by atoms with Crippen LogP contribution in [0.15, 0.2) is 33.9 Å². The second kappa shape index (κ2) is 9.60. The third kappa shape index (κ3) is 4.74. The monoisotopic (exact) mass is 475 g/mol. The number of nitrogens with zero attached hydrogens (tertiary/aromatic N) is 4. The summed E-state index contributed by atoms with van der Waals surface area (Å²) in [4.78, 5) is 17.8. The van der Waals surface area contributed by atoms with Crippen molar-refractivity contribution in [2.24, 2.45) is 5.92 Å². The van der Waals surface area contributed by atoms with Crippen molar-refractivity contribution in [1.29, 1.82) is 0 Å². The van der Waals surface area contributed by atoms with E-state index in [1.807, 2.05) is 4.90 Å². The number of furan rings is 1. The van der Waals surface area contributed by atoms with Crippen LogP contribution >= 0.6 is 0 Å². The summed E-state index contributed by atoms with van der Waals surface area (Å²) in [6.07, 6.45) is 8.92. The number of aromatic amines is 1. The molecule has 2 aromatic heterocycles. The minimum atomic E-state index is -3.80. The second-order valence-electron chi connectivity index (χ2n) is 9.44. The zero-order chi connectivity index (χ0) is 22.8. The van der Waals surface area contributed by atoms with Gasteiger partial charge in [-0.2, -0.15) is 9.40 Å². The summed E-state index contributed by atoms with van der Waals surface area (Å²) in [5.74, 6) is 0.235. The molecule has 0 bridgehead atoms. The summed E-state index contributed by atoms with van der Waals surface area (Å²) in [7, 11) is -3.80. The van der Waals surface area contributed by atoms with Crippen LogP contribution in [0.2, 0.25) is 0 Å². The summed E-state index contributed by atoms with van der Waals surface area (Å²) in [6, 6.07) is 5.40. The number of carbonyl (C=O) groups is 1. The molecule has 3 saturated heterocycles. The fourth-order valence-corrected chi connectivity index (χ4v) is 6.91. The maximum absolute atomic E-state index is 13.3. The number of hydrogen-bond acceptors (Lipinski definition) is 6. The average Bonchev–Trinajstić information content (AvgIpc) is 3.57. The predicted octanol–water partition coefficient (Wildman–Crippen LogP) is 2.55. The SMILES string of the molecule is O=C([C@@H]1CCCN(S(=O)(=O)c2ccc(-c3ccn[nH]3)o2)C1)N1CCC(N2CCCCC2)CC1. The van der Waals surface area contributed by atoms with Crippen LogP contribution in [0.1, 0.15) is 44.9 Å². The molecule has 1 atom stereocenters. The fourth-order valence-electron chi connectivity index (χ4n) is 5.48. The van der Waals surface area contributed by atoms with Gasteiger partial charge in [0.1, 0.15) is 5.69 Å². The smallest absolute Gasteiger partial charge is 0.276 e. The molecule has 2 aromatic rings. The summed E-state index contributed by atoms with van der Waals surface area (Å²) in [5, 5.41) is 6.55. The molecule has 5 heterocycles. The van der Waals surface area contributed by atoms with Gasteiger partial charge in [-0.05, 0) is 69.8 Å². The zero-order valence-corrected chi connectivity index (χ0v) is 19.8. The van der Waals surface area contributed by atoms with Crippen LogP contribution in [0.5, 0.6) is 0 Å². The molecule has 0 saturated carbocycles. The van der Waals surface area contributed by atoms with E-state index in [-0.39, 0.29) is 23.5 Å². The summed E-state index contributed by atoms with van der Waals surface area (Å²) in [5.41, 5.74) is 0.621. The van der Waals surface area contributed by atoms with Gasteiger partial charge < -0.3 is 14.2 Å². The molecule has 10 heteroatoms. The van der Waals surface area contributed by atoms with Crippen molar-refractivity contribution in [2.45, 2.75) is 56.1 Å². The Hall–Kier alpha value is -2.17. The summed E-state index contributed by atoms with van der Waals surface area (Å²) < 4.78 is 33.5. The van der Waals surface area contributed by atoms with Crippen molar-refractivity contribution < 1.29 is 17.6 Å². The quantitative estimate of drug-likeness (QED) is 0.713. The largest absolute Gasteiger partial charge is 0.442 e. The van der Waals surface area contributed by atoms with Crippen LogP contribution in [0.3, 0.4) is 0 Å². The van der Waals surface area contributed by atoms with Gasteiger partial charge in [-0.25, -0.2) is 8.42 Å². The molecule has 1 N–H and O–H groups in total. The number of amides is 1. The normalized spacial score (nSPS) is 24.2. The highest BCUT2D eigenvalue weighted by Crippen LogP contribution is 2.29. The van der Waals surface area contributed by atoms with Crippen LogP contribution < -0.4 is 0 Å². The van der Waals surface area contributed by atoms with E-state index in [4.69, 9.17) is 4.42 Å². The Labute approximate surface area is 195 Å². The number of H-pyrrole nitrogens is 1. The molecule has 3 aliphatic heterocycles. The number of carbonyl (C=O) groups excluding carboxylic acids is 1. The topological polar surface area (TPSA) is 103 Å². The van der Waals surface area contributed by atoms with E-state index >= 15 is 0 Å². The van der Waals surface area contributed by atoms with Gasteiger partial charge in [0.05, 0.1) is 5.92 Å². The van der Waals surface area contributed by atoms with Crippen LogP contribution in [-0.2, 0) is 14.8 Å². The molecule has 0 radical (unpaired) electrons. The first-order valence-corrected chi connectivity index (χ1v) is 13.6. The van der Waals surface area contributed by atoms with E-state index in [9.17, 15) is 13.2 Å². The molecular formula is C23H33N5O4S. The molecule has 0 aliphatic carbocycles. The third-order valence-electron chi connectivity index (χ3n) is 7.36. The fraction of sp³-hybridized carbons (Fsp3) is 0.652. The van der Waals surface area contributed by atoms with E-state index in [2.05, 4.69) is 15.1 Å². The Kier molecular flexibility index (Phi) is 6.58. The lowest BCUT2D eigenvalue weighted by Gasteiger charge is -2.41. The highest BCUT2D eigenvalue weighted by molar-refractivity contribution is 7.89. The maximum Gasteiger partial charge on any atom is 0.276 e. The molecule has 5 rings (SSSR count). The molecule has 3 aliphatic rings. The van der Waals surface area contributed by atoms with Crippen molar-refractivity contribution in [3.63, 3.8) is 0 Å². The lowest BCUT2D eigenvalue weighted by atomic mass is 9.95. The van der Waals surface area contributed by atoms with E-state index < -0.39 is 10.0 Å². The van der Waals surface area contributed by atoms with Gasteiger partial charge in [-0.1, -0.05) is 6.42 Å². The highest BCUT2D eigenvalue weighted by Gasteiger charge is 2.37. The van der Waals surface area contributed by atoms with Gasteiger partial charge in [0.25, 0.3) is 10.0 Å². The van der Waals surface area contributed by atoms with Crippen LogP contribution in [0.25, 0.3) is 11.5 Å². The van der Waals surface area contributed by atoms with Crippen molar-refractivity contribution in [1.82, 2.24) is 24.3 Å². The lowest BCUT2D eigenvalue weighted by molar-refractivity contribution is -0.138. The van der Waals surface area contributed by atoms with E-state index in [0.717, 1.165) is 32.4 Å². The molecule has 0 spiro atoms. The van der Waals surface area contributed by atoms with E-state index in [1.54, 1.807) is 18.3 Å². The summed E-state index contributed by atoms with van der Waals surface area (Å²) in [6.45, 7) is 4.53. The van der Waals surface area contributed by atoms with Crippen LogP contribution in [0, 0.1) is 5.92 Å². The number of hydrogen-bond donors (Lipinski definition) is 1. The number of likely N-dealkylation sites (tertiary alicyclic amines) is 2. The van der Waals surface area contributed by atoms with Gasteiger partial charge in [-0.15, -0.1) is 0 Å². The Morgan fingerprint density at radius 3 is 2.48 bits per heavy atom. The molecule has 9 nitrogen and oxygen atoms in total. The highest BCUT2D eigenvalue weighted by atomic mass is 32.2. The Morgan fingerprint density at radius 2 is 1.76 bits per heavy atom. The first-order chi connectivity index (χ1) is 16.0. The molecular weight excluding hydrogens is 442 g/mol. The number of aromatic nitrogens is 2. The van der Waals surface area contributed by atoms with Crippen molar-refractivity contribution in [3.05, 3.63) is 24.4 Å². The second-order valence-corrected chi connectivity index (χ2v) is 11.3. The van der Waals surface area contributed by atoms with E-state index in [1.165, 1.54) is 42.7 Å². The average molecular weight is 476 g/mol. The number of nitrogens with one attached hydrogen (secondary N) is 1. The molecule has 1 amide bonds. The number of piperidine rings is 3. The minimum Gasteiger partial charge on any atom is -0.442 e. The summed E-state index contributed by atoms with van der Waals surface area (Å²) >= 11 is 0. The standard InChI is InChI=1S/C23H33N5O4S/c29-23(27-15-9-19(10-16-27)26-12-2-1-3-13-26)18-5-4-14-28(17-18)33(30,31)22-7-6-21(32-22)20-8-11-24-25-20/h6-8,11,18-19H,1-5,9-10,12-17H2,(H,24,25)/t18-/m1/s1. The van der Waals surface area contributed by atoms with Gasteiger partial charge in [0.2, 0.25) is 11.0 Å². The molecule has 3 fully saturated rings. The Morgan fingerprint density at radius 1 is 0.970 bits per heavy atom. The van der Waals surface area contributed by atoms with Crippen molar-refractivity contribution in [2.75, 3.05) is 39.3 Å². The lowest BCUT2D eigenvalue weighted by Crippen LogP contribution is -2.51. The minimum absolute atomic E-state index is 0.0949. The number of rotatable bonds is 5. The molecule has 180 valence electrons. The number of sulfonamides is 1. The van der Waals surface area contributed by atoms with Gasteiger partial charge in [0.15, 0.2) is 5.76 Å². The zero-order valence-electron chi connectivity index (χ0n) is 19.0. The van der Waals surface area contributed by atoms with Crippen LogP contribution in [-0.4, -0.2) is 83.9 Å². The maximum atomic E-state index is 13.3. The van der Waals surface area contributed by atoms with Crippen molar-refractivity contribution in [3.8, 4) is 11.5 Å². The molecule has 33 heavy (non-hydrogen) atoms. The van der Waals surface area contributed by atoms with Crippen molar-refractivity contribution >= 4 is 15.9 Å². The Bertz CT molecular complexity index is 1040. The van der Waals surface area contributed by atoms with Gasteiger partial charge >= 0.3 is 0 Å². The molecule has 0 unspecified atom stereocenters. The third-order valence-corrected chi connectivity index (χ3v) is 9.10. The van der Waals surface area contributed by atoms with Crippen LogP contribution in [0.4, 0.5) is 0 Å². The first kappa shape index (κ1) is 22.6. The molecule has 0 aromatic carbocycles. The van der Waals surface area contributed by atoms with E-state index in [0.29, 0.717) is 30.5 Å². The van der Waals surface area contributed by atoms with Gasteiger partial charge in [-0.3, -0.25) is 9.89 Å². The Balaban J connectivity index is 1.20.